The highest BCUT2D eigenvalue weighted by Gasteiger charge is 2.21. The normalized spacial score (nSPS) is 11.9. The van der Waals surface area contributed by atoms with Gasteiger partial charge in [-0.15, -0.1) is 0 Å². The van der Waals surface area contributed by atoms with Gasteiger partial charge in [0, 0.05) is 6.61 Å². The second kappa shape index (κ2) is 8.53. The van der Waals surface area contributed by atoms with Crippen molar-refractivity contribution in [3.05, 3.63) is 29.8 Å². The van der Waals surface area contributed by atoms with Gasteiger partial charge in [-0.1, -0.05) is 31.5 Å². The van der Waals surface area contributed by atoms with Crippen LogP contribution in [-0.2, 0) is 16.0 Å². The van der Waals surface area contributed by atoms with Crippen molar-refractivity contribution < 1.29 is 19.4 Å². The largest absolute Gasteiger partial charge is 0.478 e. The first-order valence-electron chi connectivity index (χ1n) is 6.75. The van der Waals surface area contributed by atoms with Crippen molar-refractivity contribution in [1.29, 1.82) is 0 Å². The van der Waals surface area contributed by atoms with E-state index in [1.165, 1.54) is 0 Å². The van der Waals surface area contributed by atoms with E-state index in [1.54, 1.807) is 6.92 Å². The first-order valence-corrected chi connectivity index (χ1v) is 6.75. The van der Waals surface area contributed by atoms with Crippen LogP contribution in [0.15, 0.2) is 24.3 Å². The summed E-state index contributed by atoms with van der Waals surface area (Å²) in [4.78, 5) is 11.8. The molecule has 0 radical (unpaired) electrons. The number of carbonyl (C=O) groups excluding carboxylic acids is 1. The van der Waals surface area contributed by atoms with Gasteiger partial charge in [0.25, 0.3) is 0 Å². The Morgan fingerprint density at radius 1 is 1.32 bits per heavy atom. The predicted octanol–water partition coefficient (Wildman–Crippen LogP) is 2.33. The summed E-state index contributed by atoms with van der Waals surface area (Å²) in [5.74, 6) is 0.311. The van der Waals surface area contributed by atoms with Gasteiger partial charge >= 0.3 is 5.97 Å². The Bertz CT molecular complexity index is 389. The highest BCUT2D eigenvalue weighted by atomic mass is 16.6. The molecular formula is C15H22O4. The van der Waals surface area contributed by atoms with E-state index in [0.717, 1.165) is 12.0 Å². The highest BCUT2D eigenvalue weighted by molar-refractivity contribution is 5.75. The summed E-state index contributed by atoms with van der Waals surface area (Å²) in [5, 5.41) is 9.03. The zero-order valence-corrected chi connectivity index (χ0v) is 11.6. The molecule has 4 heteroatoms. The molecule has 0 aliphatic heterocycles. The van der Waals surface area contributed by atoms with Crippen LogP contribution in [0.1, 0.15) is 32.3 Å². The minimum Gasteiger partial charge on any atom is -0.478 e. The van der Waals surface area contributed by atoms with E-state index < -0.39 is 6.10 Å². The molecule has 1 N–H and O–H groups in total. The molecule has 0 fully saturated rings. The van der Waals surface area contributed by atoms with Gasteiger partial charge in [-0.05, 0) is 31.4 Å². The fourth-order valence-electron chi connectivity index (χ4n) is 1.82. The van der Waals surface area contributed by atoms with Gasteiger partial charge in [0.05, 0.1) is 6.61 Å². The molecule has 1 rings (SSSR count). The van der Waals surface area contributed by atoms with Crippen LogP contribution in [-0.4, -0.2) is 30.4 Å². The van der Waals surface area contributed by atoms with E-state index in [2.05, 4.69) is 0 Å². The van der Waals surface area contributed by atoms with Gasteiger partial charge in [0.15, 0.2) is 6.10 Å². The van der Waals surface area contributed by atoms with E-state index in [-0.39, 0.29) is 12.6 Å². The third-order valence-electron chi connectivity index (χ3n) is 2.72. The Kier molecular flexibility index (Phi) is 6.97. The summed E-state index contributed by atoms with van der Waals surface area (Å²) < 4.78 is 10.8. The summed E-state index contributed by atoms with van der Waals surface area (Å²) in [7, 11) is 0. The van der Waals surface area contributed by atoms with Crippen molar-refractivity contribution in [2.45, 2.75) is 39.2 Å². The average molecular weight is 266 g/mol. The second-order valence-electron chi connectivity index (χ2n) is 4.23. The van der Waals surface area contributed by atoms with Crippen LogP contribution in [0.25, 0.3) is 0 Å². The molecule has 0 bridgehead atoms. The number of hydrogen-bond acceptors (Lipinski definition) is 4. The lowest BCUT2D eigenvalue weighted by atomic mass is 10.1. The van der Waals surface area contributed by atoms with Crippen molar-refractivity contribution in [1.82, 2.24) is 0 Å². The van der Waals surface area contributed by atoms with Crippen LogP contribution < -0.4 is 4.74 Å². The van der Waals surface area contributed by atoms with Gasteiger partial charge < -0.3 is 14.6 Å². The number of para-hydroxylation sites is 1. The third-order valence-corrected chi connectivity index (χ3v) is 2.72. The average Bonchev–Trinajstić information content (AvgIpc) is 2.41. The molecule has 1 unspecified atom stereocenters. The number of esters is 1. The number of hydrogen-bond donors (Lipinski definition) is 1. The molecule has 0 aromatic heterocycles. The fourth-order valence-corrected chi connectivity index (χ4v) is 1.82. The smallest absolute Gasteiger partial charge is 0.347 e. The summed E-state index contributed by atoms with van der Waals surface area (Å²) in [6.07, 6.45) is 1.39. The molecule has 4 nitrogen and oxygen atoms in total. The minimum atomic E-state index is -0.579. The first kappa shape index (κ1) is 15.5. The Hall–Kier alpha value is -1.55. The van der Waals surface area contributed by atoms with Crippen molar-refractivity contribution in [3.63, 3.8) is 0 Å². The lowest BCUT2D eigenvalue weighted by Gasteiger charge is -2.19. The molecule has 19 heavy (non-hydrogen) atoms. The van der Waals surface area contributed by atoms with E-state index in [4.69, 9.17) is 14.6 Å². The summed E-state index contributed by atoms with van der Waals surface area (Å²) in [5.41, 5.74) is 0.899. The van der Waals surface area contributed by atoms with Gasteiger partial charge in [0.1, 0.15) is 5.75 Å². The van der Waals surface area contributed by atoms with Crippen LogP contribution in [0.4, 0.5) is 0 Å². The van der Waals surface area contributed by atoms with E-state index in [0.29, 0.717) is 25.2 Å². The number of aliphatic hydroxyl groups is 1. The molecule has 1 atom stereocenters. The summed E-state index contributed by atoms with van der Waals surface area (Å²) in [6.45, 7) is 4.18. The Morgan fingerprint density at radius 3 is 2.68 bits per heavy atom. The number of aliphatic hydroxyl groups excluding tert-OH is 1. The van der Waals surface area contributed by atoms with Crippen LogP contribution in [0.5, 0.6) is 5.75 Å². The quantitative estimate of drug-likeness (QED) is 0.734. The topological polar surface area (TPSA) is 55.8 Å². The summed E-state index contributed by atoms with van der Waals surface area (Å²) in [6, 6.07) is 7.44. The third kappa shape index (κ3) is 4.91. The van der Waals surface area contributed by atoms with E-state index >= 15 is 0 Å². The molecule has 0 spiro atoms. The second-order valence-corrected chi connectivity index (χ2v) is 4.23. The van der Waals surface area contributed by atoms with E-state index in [1.807, 2.05) is 31.2 Å². The van der Waals surface area contributed by atoms with E-state index in [9.17, 15) is 4.79 Å². The lowest BCUT2D eigenvalue weighted by Crippen LogP contribution is -2.29. The Balaban J connectivity index is 2.80. The van der Waals surface area contributed by atoms with Crippen molar-refractivity contribution in [3.8, 4) is 5.75 Å². The number of benzene rings is 1. The Labute approximate surface area is 114 Å². The van der Waals surface area contributed by atoms with Gasteiger partial charge in [-0.25, -0.2) is 4.79 Å². The molecule has 0 aliphatic carbocycles. The van der Waals surface area contributed by atoms with Gasteiger partial charge in [-0.3, -0.25) is 0 Å². The molecule has 0 saturated carbocycles. The number of rotatable bonds is 8. The highest BCUT2D eigenvalue weighted by Crippen LogP contribution is 2.21. The Morgan fingerprint density at radius 2 is 2.05 bits per heavy atom. The molecule has 0 heterocycles. The SMILES string of the molecule is CCCC(Oc1ccccc1CCO)C(=O)OCC. The van der Waals surface area contributed by atoms with Gasteiger partial charge in [-0.2, -0.15) is 0 Å². The van der Waals surface area contributed by atoms with Crippen molar-refractivity contribution >= 4 is 5.97 Å². The molecule has 0 amide bonds. The monoisotopic (exact) mass is 266 g/mol. The molecule has 1 aromatic carbocycles. The maximum absolute atomic E-state index is 11.8. The van der Waals surface area contributed by atoms with Crippen LogP contribution in [0, 0.1) is 0 Å². The standard InChI is InChI=1S/C15H22O4/c1-3-7-14(15(17)18-4-2)19-13-9-6-5-8-12(13)10-11-16/h5-6,8-9,14,16H,3-4,7,10-11H2,1-2H3. The number of ether oxygens (including phenoxy) is 2. The number of carbonyl (C=O) groups is 1. The molecule has 0 saturated heterocycles. The van der Waals surface area contributed by atoms with Crippen LogP contribution >= 0.6 is 0 Å². The molecular weight excluding hydrogens is 244 g/mol. The maximum Gasteiger partial charge on any atom is 0.347 e. The molecule has 0 aliphatic rings. The van der Waals surface area contributed by atoms with Crippen LogP contribution in [0.3, 0.4) is 0 Å². The molecule has 106 valence electrons. The fraction of sp³-hybridized carbons (Fsp3) is 0.533. The van der Waals surface area contributed by atoms with Crippen molar-refractivity contribution in [2.75, 3.05) is 13.2 Å². The van der Waals surface area contributed by atoms with Crippen molar-refractivity contribution in [2.24, 2.45) is 0 Å². The minimum absolute atomic E-state index is 0.0538. The van der Waals surface area contributed by atoms with Crippen LogP contribution in [0.2, 0.25) is 0 Å². The first-order chi connectivity index (χ1) is 9.22. The zero-order chi connectivity index (χ0) is 14.1. The zero-order valence-electron chi connectivity index (χ0n) is 11.6. The molecule has 1 aromatic rings. The summed E-state index contributed by atoms with van der Waals surface area (Å²) >= 11 is 0. The van der Waals surface area contributed by atoms with Gasteiger partial charge in [0.2, 0.25) is 0 Å². The maximum atomic E-state index is 11.8. The lowest BCUT2D eigenvalue weighted by molar-refractivity contribution is -0.151. The predicted molar refractivity (Wildman–Crippen MR) is 73.2 cm³/mol.